The van der Waals surface area contributed by atoms with Crippen LogP contribution in [0.3, 0.4) is 0 Å². The highest BCUT2D eigenvalue weighted by molar-refractivity contribution is 7.00. The number of carbonyl (C=O) groups is 2. The quantitative estimate of drug-likeness (QED) is 0.880. The Hall–Kier alpha value is -1.73. The molecule has 0 aliphatic heterocycles. The zero-order valence-corrected chi connectivity index (χ0v) is 13.1. The number of carboxylic acids is 1. The highest BCUT2D eigenvalue weighted by Gasteiger charge is 2.26. The fraction of sp³-hybridized carbons (Fsp3) is 0.385. The molecule has 0 saturated heterocycles. The Bertz CT molecular complexity index is 699. The maximum absolute atomic E-state index is 12.1. The number of hydrogen-bond donors (Lipinski definition) is 2. The first-order valence-electron chi connectivity index (χ1n) is 6.21. The number of hydrogen-bond acceptors (Lipinski definition) is 5. The zero-order valence-electron chi connectivity index (χ0n) is 11.5. The number of halogens is 1. The van der Waals surface area contributed by atoms with Gasteiger partial charge >= 0.3 is 5.97 Å². The van der Waals surface area contributed by atoms with Gasteiger partial charge in [0.25, 0.3) is 0 Å². The summed E-state index contributed by atoms with van der Waals surface area (Å²) in [6, 6.07) is 3.37. The lowest BCUT2D eigenvalue weighted by Gasteiger charge is -2.21. The van der Waals surface area contributed by atoms with Crippen molar-refractivity contribution in [3.8, 4) is 0 Å². The Kier molecular flexibility index (Phi) is 4.43. The number of anilines is 1. The van der Waals surface area contributed by atoms with Crippen LogP contribution in [0, 0.1) is 5.41 Å². The highest BCUT2D eigenvalue weighted by Crippen LogP contribution is 2.31. The van der Waals surface area contributed by atoms with E-state index in [1.165, 1.54) is 0 Å². The van der Waals surface area contributed by atoms with Crippen molar-refractivity contribution in [1.82, 2.24) is 8.75 Å². The molecule has 1 amide bonds. The monoisotopic (exact) mass is 327 g/mol. The van der Waals surface area contributed by atoms with Crippen LogP contribution in [0.2, 0.25) is 5.02 Å². The molecule has 0 radical (unpaired) electrons. The van der Waals surface area contributed by atoms with Gasteiger partial charge in [0.05, 0.1) is 28.9 Å². The predicted octanol–water partition coefficient (Wildman–Crippen LogP) is 3.17. The van der Waals surface area contributed by atoms with Crippen LogP contribution in [-0.4, -0.2) is 25.7 Å². The van der Waals surface area contributed by atoms with Crippen LogP contribution in [0.1, 0.15) is 26.7 Å². The fourth-order valence-electron chi connectivity index (χ4n) is 2.04. The number of carbonyl (C=O) groups excluding carboxylic acids is 1. The van der Waals surface area contributed by atoms with E-state index < -0.39 is 11.4 Å². The van der Waals surface area contributed by atoms with Crippen LogP contribution in [0.15, 0.2) is 12.1 Å². The first kappa shape index (κ1) is 15.7. The number of nitrogens with one attached hydrogen (secondary N) is 1. The molecule has 21 heavy (non-hydrogen) atoms. The summed E-state index contributed by atoms with van der Waals surface area (Å²) < 4.78 is 8.20. The van der Waals surface area contributed by atoms with Crippen LogP contribution in [0.5, 0.6) is 0 Å². The van der Waals surface area contributed by atoms with Crippen molar-refractivity contribution < 1.29 is 14.7 Å². The van der Waals surface area contributed by atoms with Gasteiger partial charge in [0.15, 0.2) is 0 Å². The van der Waals surface area contributed by atoms with E-state index in [0.717, 1.165) is 11.7 Å². The third-order valence-corrected chi connectivity index (χ3v) is 3.77. The Balaban J connectivity index is 2.17. The van der Waals surface area contributed by atoms with Gasteiger partial charge in [-0.15, -0.1) is 0 Å². The minimum absolute atomic E-state index is 0.0730. The molecule has 0 aliphatic carbocycles. The molecule has 112 valence electrons. The van der Waals surface area contributed by atoms with E-state index in [9.17, 15) is 9.59 Å². The molecule has 6 nitrogen and oxygen atoms in total. The molecule has 2 rings (SSSR count). The summed E-state index contributed by atoms with van der Waals surface area (Å²) in [5.41, 5.74) is 0.969. The van der Waals surface area contributed by atoms with Crippen LogP contribution < -0.4 is 5.32 Å². The average Bonchev–Trinajstić information content (AvgIpc) is 2.78. The summed E-state index contributed by atoms with van der Waals surface area (Å²) in [5, 5.41) is 11.9. The Labute approximate surface area is 130 Å². The maximum Gasteiger partial charge on any atom is 0.303 e. The zero-order chi connectivity index (χ0) is 15.6. The molecule has 2 aromatic rings. The number of aliphatic carboxylic acids is 1. The summed E-state index contributed by atoms with van der Waals surface area (Å²) in [5.74, 6) is -1.24. The topological polar surface area (TPSA) is 92.2 Å². The number of carboxylic acid groups (broad SMARTS) is 1. The standard InChI is InChI=1S/C13H14ClN3O3S/c1-13(2,6-10(19)20)5-9(18)15-11-7(14)3-4-8-12(11)17-21-16-8/h3-4H,5-6H2,1-2H3,(H,15,18)(H,19,20). The van der Waals surface area contributed by atoms with E-state index in [1.54, 1.807) is 26.0 Å². The van der Waals surface area contributed by atoms with Gasteiger partial charge in [-0.1, -0.05) is 25.4 Å². The minimum Gasteiger partial charge on any atom is -0.481 e. The number of fused-ring (bicyclic) bond motifs is 1. The molecule has 0 saturated carbocycles. The highest BCUT2D eigenvalue weighted by atomic mass is 35.5. The molecule has 1 heterocycles. The third-order valence-electron chi connectivity index (χ3n) is 2.91. The van der Waals surface area contributed by atoms with Gasteiger partial charge in [-0.3, -0.25) is 9.59 Å². The van der Waals surface area contributed by atoms with E-state index >= 15 is 0 Å². The molecular weight excluding hydrogens is 314 g/mol. The van der Waals surface area contributed by atoms with Crippen LogP contribution in [0.4, 0.5) is 5.69 Å². The fourth-order valence-corrected chi connectivity index (χ4v) is 2.78. The SMILES string of the molecule is CC(C)(CC(=O)O)CC(=O)Nc1c(Cl)ccc2nsnc12. The van der Waals surface area contributed by atoms with Crippen LogP contribution >= 0.6 is 23.3 Å². The van der Waals surface area contributed by atoms with Crippen molar-refractivity contribution >= 4 is 51.9 Å². The molecule has 1 aromatic heterocycles. The Morgan fingerprint density at radius 2 is 2.05 bits per heavy atom. The first-order chi connectivity index (χ1) is 9.78. The summed E-state index contributed by atoms with van der Waals surface area (Å²) >= 11 is 7.12. The largest absolute Gasteiger partial charge is 0.481 e. The summed E-state index contributed by atoms with van der Waals surface area (Å²) in [6.07, 6.45) is -0.0137. The average molecular weight is 328 g/mol. The molecule has 0 aliphatic rings. The van der Waals surface area contributed by atoms with E-state index in [0.29, 0.717) is 21.7 Å². The second kappa shape index (κ2) is 5.95. The molecule has 0 spiro atoms. The van der Waals surface area contributed by atoms with Gasteiger partial charge in [0.2, 0.25) is 5.91 Å². The predicted molar refractivity (Wildman–Crippen MR) is 81.7 cm³/mol. The third kappa shape index (κ3) is 3.89. The van der Waals surface area contributed by atoms with Gasteiger partial charge in [0, 0.05) is 6.42 Å². The van der Waals surface area contributed by atoms with Crippen LogP contribution in [0.25, 0.3) is 11.0 Å². The molecule has 1 aromatic carbocycles. The van der Waals surface area contributed by atoms with Crippen LogP contribution in [-0.2, 0) is 9.59 Å². The molecular formula is C13H14ClN3O3S. The second-order valence-corrected chi connectivity index (χ2v) is 6.45. The number of rotatable bonds is 5. The van der Waals surface area contributed by atoms with Crippen molar-refractivity contribution in [3.63, 3.8) is 0 Å². The molecule has 0 fully saturated rings. The summed E-state index contributed by atoms with van der Waals surface area (Å²) in [7, 11) is 0. The normalized spacial score (nSPS) is 11.6. The van der Waals surface area contributed by atoms with Gasteiger partial charge in [-0.25, -0.2) is 0 Å². The minimum atomic E-state index is -0.934. The lowest BCUT2D eigenvalue weighted by atomic mass is 9.85. The lowest BCUT2D eigenvalue weighted by Crippen LogP contribution is -2.25. The summed E-state index contributed by atoms with van der Waals surface area (Å²) in [6.45, 7) is 3.46. The Morgan fingerprint density at radius 3 is 2.71 bits per heavy atom. The number of aromatic nitrogens is 2. The van der Waals surface area contributed by atoms with Gasteiger partial charge in [-0.05, 0) is 17.5 Å². The van der Waals surface area contributed by atoms with Crippen molar-refractivity contribution in [2.75, 3.05) is 5.32 Å². The van der Waals surface area contributed by atoms with Gasteiger partial charge in [-0.2, -0.15) is 8.75 Å². The molecule has 0 atom stereocenters. The summed E-state index contributed by atoms with van der Waals surface area (Å²) in [4.78, 5) is 22.9. The lowest BCUT2D eigenvalue weighted by molar-refractivity contribution is -0.139. The van der Waals surface area contributed by atoms with Crippen molar-refractivity contribution in [1.29, 1.82) is 0 Å². The number of amides is 1. The number of nitrogens with zero attached hydrogens (tertiary/aromatic N) is 2. The number of benzene rings is 1. The molecule has 2 N–H and O–H groups in total. The van der Waals surface area contributed by atoms with E-state index in [1.807, 2.05) is 0 Å². The first-order valence-corrected chi connectivity index (χ1v) is 7.32. The maximum atomic E-state index is 12.1. The van der Waals surface area contributed by atoms with Gasteiger partial charge in [0.1, 0.15) is 11.0 Å². The van der Waals surface area contributed by atoms with Crippen molar-refractivity contribution in [2.45, 2.75) is 26.7 Å². The van der Waals surface area contributed by atoms with E-state index in [2.05, 4.69) is 14.1 Å². The van der Waals surface area contributed by atoms with Crippen molar-refractivity contribution in [3.05, 3.63) is 17.2 Å². The molecule has 0 bridgehead atoms. The van der Waals surface area contributed by atoms with E-state index in [4.69, 9.17) is 16.7 Å². The van der Waals surface area contributed by atoms with Gasteiger partial charge < -0.3 is 10.4 Å². The van der Waals surface area contributed by atoms with E-state index in [-0.39, 0.29) is 18.7 Å². The van der Waals surface area contributed by atoms with Crippen molar-refractivity contribution in [2.24, 2.45) is 5.41 Å². The smallest absolute Gasteiger partial charge is 0.303 e. The Morgan fingerprint density at radius 1 is 1.33 bits per heavy atom. The molecule has 0 unspecified atom stereocenters. The second-order valence-electron chi connectivity index (χ2n) is 5.51. The molecule has 8 heteroatoms.